The molecule has 0 radical (unpaired) electrons. The predicted octanol–water partition coefficient (Wildman–Crippen LogP) is 2.60. The molecule has 1 amide bonds. The van der Waals surface area contributed by atoms with Gasteiger partial charge in [0.2, 0.25) is 0 Å². The number of halogens is 1. The fourth-order valence-corrected chi connectivity index (χ4v) is 3.02. The highest BCUT2D eigenvalue weighted by molar-refractivity contribution is 7.08. The van der Waals surface area contributed by atoms with Crippen molar-refractivity contribution in [1.82, 2.24) is 10.6 Å². The van der Waals surface area contributed by atoms with Crippen molar-refractivity contribution in [2.24, 2.45) is 5.41 Å². The van der Waals surface area contributed by atoms with Crippen molar-refractivity contribution < 1.29 is 4.79 Å². The average Bonchev–Trinajstić information content (AvgIpc) is 2.74. The quantitative estimate of drug-likeness (QED) is 0.898. The van der Waals surface area contributed by atoms with Gasteiger partial charge in [0.25, 0.3) is 5.91 Å². The number of nitrogens with one attached hydrogen (secondary N) is 2. The third-order valence-electron chi connectivity index (χ3n) is 3.59. The average molecular weight is 289 g/mol. The van der Waals surface area contributed by atoms with Crippen LogP contribution >= 0.6 is 23.7 Å². The van der Waals surface area contributed by atoms with Crippen LogP contribution in [0.15, 0.2) is 10.8 Å². The number of amides is 1. The zero-order valence-corrected chi connectivity index (χ0v) is 12.5. The molecular weight excluding hydrogens is 268 g/mol. The van der Waals surface area contributed by atoms with Crippen LogP contribution in [0.1, 0.15) is 35.7 Å². The number of aryl methyl sites for hydroxylation is 1. The summed E-state index contributed by atoms with van der Waals surface area (Å²) in [5, 5.41) is 10.4. The van der Waals surface area contributed by atoms with E-state index in [1.807, 2.05) is 17.7 Å². The molecule has 2 heterocycles. The highest BCUT2D eigenvalue weighted by Crippen LogP contribution is 2.26. The van der Waals surface area contributed by atoms with Crippen LogP contribution in [0.5, 0.6) is 0 Å². The molecule has 0 spiro atoms. The molecule has 1 fully saturated rings. The van der Waals surface area contributed by atoms with E-state index >= 15 is 0 Å². The molecule has 102 valence electrons. The van der Waals surface area contributed by atoms with E-state index in [0.29, 0.717) is 0 Å². The largest absolute Gasteiger partial charge is 0.351 e. The molecule has 1 aromatic rings. The molecule has 1 aliphatic heterocycles. The number of carbonyl (C=O) groups excluding carboxylic acids is 1. The molecule has 18 heavy (non-hydrogen) atoms. The first-order chi connectivity index (χ1) is 8.11. The fraction of sp³-hybridized carbons (Fsp3) is 0.615. The van der Waals surface area contributed by atoms with Crippen LogP contribution in [-0.2, 0) is 0 Å². The van der Waals surface area contributed by atoms with E-state index in [9.17, 15) is 4.79 Å². The summed E-state index contributed by atoms with van der Waals surface area (Å²) in [6.07, 6.45) is 2.27. The van der Waals surface area contributed by atoms with Crippen LogP contribution in [0.3, 0.4) is 0 Å². The van der Waals surface area contributed by atoms with Gasteiger partial charge in [0.15, 0.2) is 0 Å². The topological polar surface area (TPSA) is 41.1 Å². The first-order valence-electron chi connectivity index (χ1n) is 6.12. The third kappa shape index (κ3) is 3.70. The van der Waals surface area contributed by atoms with E-state index in [4.69, 9.17) is 0 Å². The second-order valence-corrected chi connectivity index (χ2v) is 5.96. The van der Waals surface area contributed by atoms with Crippen molar-refractivity contribution in [3.63, 3.8) is 0 Å². The molecule has 1 saturated heterocycles. The van der Waals surface area contributed by atoms with Crippen LogP contribution in [-0.4, -0.2) is 25.5 Å². The molecule has 2 N–H and O–H groups in total. The highest BCUT2D eigenvalue weighted by atomic mass is 35.5. The lowest BCUT2D eigenvalue weighted by atomic mass is 9.81. The first kappa shape index (κ1) is 15.5. The molecule has 5 heteroatoms. The number of thiophene rings is 1. The Morgan fingerprint density at radius 1 is 1.44 bits per heavy atom. The van der Waals surface area contributed by atoms with Gasteiger partial charge < -0.3 is 10.6 Å². The summed E-state index contributed by atoms with van der Waals surface area (Å²) in [5.74, 6) is 0.0727. The first-order valence-corrected chi connectivity index (χ1v) is 7.07. The Kier molecular flexibility index (Phi) is 5.63. The smallest absolute Gasteiger partial charge is 0.252 e. The minimum atomic E-state index is 0. The van der Waals surface area contributed by atoms with Crippen molar-refractivity contribution >= 4 is 29.7 Å². The van der Waals surface area contributed by atoms with Gasteiger partial charge in [-0.2, -0.15) is 11.3 Å². The lowest BCUT2D eigenvalue weighted by Crippen LogP contribution is -2.42. The Bertz CT molecular complexity index is 399. The lowest BCUT2D eigenvalue weighted by Gasteiger charge is -2.34. The summed E-state index contributed by atoms with van der Waals surface area (Å²) in [7, 11) is 0. The monoisotopic (exact) mass is 288 g/mol. The van der Waals surface area contributed by atoms with Gasteiger partial charge in [-0.05, 0) is 49.2 Å². The van der Waals surface area contributed by atoms with Gasteiger partial charge in [0, 0.05) is 11.9 Å². The molecule has 0 aromatic carbocycles. The Balaban J connectivity index is 0.00000162. The third-order valence-corrected chi connectivity index (χ3v) is 4.45. The summed E-state index contributed by atoms with van der Waals surface area (Å²) < 4.78 is 0. The zero-order chi connectivity index (χ0) is 12.3. The van der Waals surface area contributed by atoms with Crippen LogP contribution in [0, 0.1) is 12.3 Å². The molecule has 0 aliphatic carbocycles. The molecule has 0 saturated carbocycles. The molecule has 0 unspecified atom stereocenters. The van der Waals surface area contributed by atoms with Crippen molar-refractivity contribution in [3.05, 3.63) is 21.9 Å². The van der Waals surface area contributed by atoms with Crippen LogP contribution in [0.4, 0.5) is 0 Å². The zero-order valence-electron chi connectivity index (χ0n) is 10.9. The lowest BCUT2D eigenvalue weighted by molar-refractivity contribution is 0.0922. The van der Waals surface area contributed by atoms with Gasteiger partial charge in [-0.25, -0.2) is 0 Å². The van der Waals surface area contributed by atoms with Crippen LogP contribution in [0.25, 0.3) is 0 Å². The van der Waals surface area contributed by atoms with E-state index in [0.717, 1.165) is 43.6 Å². The van der Waals surface area contributed by atoms with Gasteiger partial charge in [-0.1, -0.05) is 6.92 Å². The Morgan fingerprint density at radius 3 is 2.67 bits per heavy atom. The summed E-state index contributed by atoms with van der Waals surface area (Å²) in [5.41, 5.74) is 2.15. The summed E-state index contributed by atoms with van der Waals surface area (Å²) in [6.45, 7) is 7.14. The molecule has 1 aromatic heterocycles. The number of hydrogen-bond acceptors (Lipinski definition) is 3. The molecule has 0 bridgehead atoms. The molecular formula is C13H21ClN2OS. The van der Waals surface area contributed by atoms with E-state index in [1.165, 1.54) is 0 Å². The molecule has 1 aliphatic rings. The van der Waals surface area contributed by atoms with E-state index in [-0.39, 0.29) is 23.7 Å². The van der Waals surface area contributed by atoms with Crippen molar-refractivity contribution in [3.8, 4) is 0 Å². The van der Waals surface area contributed by atoms with Crippen molar-refractivity contribution in [2.45, 2.75) is 26.7 Å². The molecule has 3 nitrogen and oxygen atoms in total. The van der Waals surface area contributed by atoms with Crippen LogP contribution in [0.2, 0.25) is 0 Å². The minimum absolute atomic E-state index is 0. The van der Waals surface area contributed by atoms with Crippen molar-refractivity contribution in [1.29, 1.82) is 0 Å². The standard InChI is InChI=1S/C13H20N2OS.ClH/c1-10-7-17-8-11(10)12(16)15-9-13(2)3-5-14-6-4-13;/h7-8,14H,3-6,9H2,1-2H3,(H,15,16);1H. The summed E-state index contributed by atoms with van der Waals surface area (Å²) in [4.78, 5) is 12.0. The predicted molar refractivity (Wildman–Crippen MR) is 78.8 cm³/mol. The second kappa shape index (κ2) is 6.55. The van der Waals surface area contributed by atoms with Gasteiger partial charge in [-0.3, -0.25) is 4.79 Å². The number of hydrogen-bond donors (Lipinski definition) is 2. The van der Waals surface area contributed by atoms with Gasteiger partial charge in [-0.15, -0.1) is 12.4 Å². The maximum atomic E-state index is 12.0. The second-order valence-electron chi connectivity index (χ2n) is 5.21. The van der Waals surface area contributed by atoms with Crippen molar-refractivity contribution in [2.75, 3.05) is 19.6 Å². The van der Waals surface area contributed by atoms with Gasteiger partial charge in [0.05, 0.1) is 5.56 Å². The number of carbonyl (C=O) groups is 1. The molecule has 2 rings (SSSR count). The normalized spacial score (nSPS) is 17.9. The Labute approximate surface area is 119 Å². The number of piperidine rings is 1. The molecule has 0 atom stereocenters. The Morgan fingerprint density at radius 2 is 2.11 bits per heavy atom. The van der Waals surface area contributed by atoms with Gasteiger partial charge in [0.1, 0.15) is 0 Å². The van der Waals surface area contributed by atoms with E-state index < -0.39 is 0 Å². The van der Waals surface area contributed by atoms with E-state index in [1.54, 1.807) is 11.3 Å². The fourth-order valence-electron chi connectivity index (χ4n) is 2.19. The van der Waals surface area contributed by atoms with E-state index in [2.05, 4.69) is 17.6 Å². The number of rotatable bonds is 3. The highest BCUT2D eigenvalue weighted by Gasteiger charge is 2.27. The minimum Gasteiger partial charge on any atom is -0.351 e. The van der Waals surface area contributed by atoms with Crippen LogP contribution < -0.4 is 10.6 Å². The SMILES string of the molecule is Cc1cscc1C(=O)NCC1(C)CCNCC1.Cl. The Hall–Kier alpha value is -0.580. The summed E-state index contributed by atoms with van der Waals surface area (Å²) in [6, 6.07) is 0. The van der Waals surface area contributed by atoms with Gasteiger partial charge >= 0.3 is 0 Å². The summed E-state index contributed by atoms with van der Waals surface area (Å²) >= 11 is 1.58. The maximum absolute atomic E-state index is 12.0. The maximum Gasteiger partial charge on any atom is 0.252 e.